The van der Waals surface area contributed by atoms with Gasteiger partial charge in [-0.15, -0.1) is 5.10 Å². The van der Waals surface area contributed by atoms with Crippen LogP contribution < -0.4 is 5.69 Å². The molecule has 0 radical (unpaired) electrons. The van der Waals surface area contributed by atoms with Crippen LogP contribution in [0.25, 0.3) is 5.82 Å². The van der Waals surface area contributed by atoms with Crippen molar-refractivity contribution in [2.75, 3.05) is 0 Å². The molecule has 0 aliphatic rings. The van der Waals surface area contributed by atoms with E-state index in [1.165, 1.54) is 6.20 Å². The van der Waals surface area contributed by atoms with Crippen LogP contribution in [0.15, 0.2) is 17.1 Å². The lowest BCUT2D eigenvalue weighted by atomic mass is 10.5. The van der Waals surface area contributed by atoms with E-state index in [4.69, 9.17) is 0 Å². The molecule has 0 spiro atoms. The SMILES string of the molecule is Cc1nc(C)n(-c2ccnc(=O)[nH]2)n1. The van der Waals surface area contributed by atoms with Gasteiger partial charge in [-0.1, -0.05) is 0 Å². The molecule has 0 saturated carbocycles. The Labute approximate surface area is 79.6 Å². The minimum absolute atomic E-state index is 0.393. The summed E-state index contributed by atoms with van der Waals surface area (Å²) in [5.41, 5.74) is -0.393. The molecule has 0 bridgehead atoms. The Balaban J connectivity index is 2.59. The molecule has 0 aliphatic heterocycles. The molecule has 2 aromatic rings. The van der Waals surface area contributed by atoms with E-state index >= 15 is 0 Å². The van der Waals surface area contributed by atoms with Crippen LogP contribution in [0.1, 0.15) is 11.6 Å². The van der Waals surface area contributed by atoms with Crippen LogP contribution in [-0.4, -0.2) is 24.7 Å². The number of hydrogen-bond acceptors (Lipinski definition) is 4. The maximum absolute atomic E-state index is 11.0. The lowest BCUT2D eigenvalue weighted by Gasteiger charge is -2.00. The summed E-state index contributed by atoms with van der Waals surface area (Å²) < 4.78 is 1.57. The zero-order chi connectivity index (χ0) is 10.1. The number of H-pyrrole nitrogens is 1. The highest BCUT2D eigenvalue weighted by atomic mass is 16.1. The fourth-order valence-electron chi connectivity index (χ4n) is 1.23. The van der Waals surface area contributed by atoms with Gasteiger partial charge >= 0.3 is 5.69 Å². The van der Waals surface area contributed by atoms with Gasteiger partial charge in [-0.25, -0.2) is 19.4 Å². The summed E-state index contributed by atoms with van der Waals surface area (Å²) in [5, 5.41) is 4.13. The Hall–Kier alpha value is -1.98. The fraction of sp³-hybridized carbons (Fsp3) is 0.250. The number of aromatic amines is 1. The summed E-state index contributed by atoms with van der Waals surface area (Å²) in [5.74, 6) is 1.97. The minimum atomic E-state index is -0.393. The number of nitrogens with one attached hydrogen (secondary N) is 1. The highest BCUT2D eigenvalue weighted by Crippen LogP contribution is 2.02. The predicted molar refractivity (Wildman–Crippen MR) is 49.2 cm³/mol. The third-order valence-electron chi connectivity index (χ3n) is 1.76. The Bertz CT molecular complexity index is 512. The van der Waals surface area contributed by atoms with Gasteiger partial charge in [-0.05, 0) is 19.9 Å². The summed E-state index contributed by atoms with van der Waals surface area (Å²) in [4.78, 5) is 21.2. The van der Waals surface area contributed by atoms with Crippen molar-refractivity contribution in [3.63, 3.8) is 0 Å². The van der Waals surface area contributed by atoms with Gasteiger partial charge in [-0.2, -0.15) is 0 Å². The predicted octanol–water partition coefficient (Wildman–Crippen LogP) is -0.0326. The van der Waals surface area contributed by atoms with Crippen molar-refractivity contribution >= 4 is 0 Å². The molecule has 0 unspecified atom stereocenters. The van der Waals surface area contributed by atoms with Gasteiger partial charge in [0.2, 0.25) is 0 Å². The zero-order valence-electron chi connectivity index (χ0n) is 7.85. The van der Waals surface area contributed by atoms with Crippen molar-refractivity contribution in [1.29, 1.82) is 0 Å². The molecule has 72 valence electrons. The third-order valence-corrected chi connectivity index (χ3v) is 1.76. The van der Waals surface area contributed by atoms with Gasteiger partial charge in [0, 0.05) is 6.20 Å². The van der Waals surface area contributed by atoms with E-state index in [-0.39, 0.29) is 0 Å². The number of rotatable bonds is 1. The lowest BCUT2D eigenvalue weighted by Crippen LogP contribution is -2.14. The van der Waals surface area contributed by atoms with Crippen LogP contribution in [-0.2, 0) is 0 Å². The second-order valence-corrected chi connectivity index (χ2v) is 2.88. The van der Waals surface area contributed by atoms with Crippen LogP contribution in [0.2, 0.25) is 0 Å². The molecule has 0 saturated heterocycles. The first-order valence-electron chi connectivity index (χ1n) is 4.13. The second kappa shape index (κ2) is 3.06. The van der Waals surface area contributed by atoms with E-state index < -0.39 is 5.69 Å². The smallest absolute Gasteiger partial charge is 0.290 e. The molecule has 0 atom stereocenters. The molecule has 6 heteroatoms. The summed E-state index contributed by atoms with van der Waals surface area (Å²) in [7, 11) is 0. The highest BCUT2D eigenvalue weighted by molar-refractivity contribution is 5.18. The van der Waals surface area contributed by atoms with E-state index in [1.54, 1.807) is 17.7 Å². The van der Waals surface area contributed by atoms with Crippen molar-refractivity contribution in [1.82, 2.24) is 24.7 Å². The van der Waals surface area contributed by atoms with Gasteiger partial charge in [0.25, 0.3) is 0 Å². The van der Waals surface area contributed by atoms with Crippen molar-refractivity contribution in [3.05, 3.63) is 34.4 Å². The molecule has 0 aromatic carbocycles. The number of aryl methyl sites for hydroxylation is 2. The van der Waals surface area contributed by atoms with E-state index in [0.717, 1.165) is 5.82 Å². The molecule has 14 heavy (non-hydrogen) atoms. The monoisotopic (exact) mass is 191 g/mol. The Morgan fingerprint density at radius 1 is 1.43 bits per heavy atom. The standard InChI is InChI=1S/C8H9N5O/c1-5-10-6(2)13(12-5)7-3-4-9-8(14)11-7/h3-4H,1-2H3,(H,9,11,14). The van der Waals surface area contributed by atoms with Crippen molar-refractivity contribution in [2.45, 2.75) is 13.8 Å². The molecule has 2 rings (SSSR count). The molecular weight excluding hydrogens is 182 g/mol. The maximum Gasteiger partial charge on any atom is 0.346 e. The lowest BCUT2D eigenvalue weighted by molar-refractivity contribution is 0.790. The van der Waals surface area contributed by atoms with E-state index in [0.29, 0.717) is 11.6 Å². The van der Waals surface area contributed by atoms with Crippen LogP contribution in [0, 0.1) is 13.8 Å². The number of hydrogen-bond donors (Lipinski definition) is 1. The van der Waals surface area contributed by atoms with Crippen molar-refractivity contribution in [3.8, 4) is 5.82 Å². The molecule has 1 N–H and O–H groups in total. The number of aromatic nitrogens is 5. The summed E-state index contributed by atoms with van der Waals surface area (Å²) in [6.45, 7) is 3.61. The largest absolute Gasteiger partial charge is 0.346 e. The number of nitrogens with zero attached hydrogens (tertiary/aromatic N) is 4. The zero-order valence-corrected chi connectivity index (χ0v) is 7.85. The molecule has 2 heterocycles. The molecule has 6 nitrogen and oxygen atoms in total. The van der Waals surface area contributed by atoms with Crippen LogP contribution >= 0.6 is 0 Å². The Morgan fingerprint density at radius 3 is 2.79 bits per heavy atom. The topological polar surface area (TPSA) is 76.5 Å². The summed E-state index contributed by atoms with van der Waals surface area (Å²) >= 11 is 0. The van der Waals surface area contributed by atoms with Gasteiger partial charge in [-0.3, -0.25) is 4.98 Å². The average molecular weight is 191 g/mol. The van der Waals surface area contributed by atoms with Crippen molar-refractivity contribution in [2.24, 2.45) is 0 Å². The summed E-state index contributed by atoms with van der Waals surface area (Å²) in [6, 6.07) is 1.67. The van der Waals surface area contributed by atoms with E-state index in [9.17, 15) is 4.79 Å². The summed E-state index contributed by atoms with van der Waals surface area (Å²) in [6.07, 6.45) is 1.44. The van der Waals surface area contributed by atoms with Gasteiger partial charge in [0.15, 0.2) is 0 Å². The van der Waals surface area contributed by atoms with E-state index in [1.807, 2.05) is 6.92 Å². The third kappa shape index (κ3) is 1.41. The molecule has 2 aromatic heterocycles. The van der Waals surface area contributed by atoms with E-state index in [2.05, 4.69) is 20.1 Å². The first-order valence-corrected chi connectivity index (χ1v) is 4.13. The maximum atomic E-state index is 11.0. The van der Waals surface area contributed by atoms with Gasteiger partial charge in [0.1, 0.15) is 17.5 Å². The molecule has 0 fully saturated rings. The molecular formula is C8H9N5O. The highest BCUT2D eigenvalue weighted by Gasteiger charge is 2.04. The average Bonchev–Trinajstić information content (AvgIpc) is 2.45. The van der Waals surface area contributed by atoms with Gasteiger partial charge < -0.3 is 0 Å². The minimum Gasteiger partial charge on any atom is -0.290 e. The van der Waals surface area contributed by atoms with Crippen LogP contribution in [0.5, 0.6) is 0 Å². The quantitative estimate of drug-likeness (QED) is 0.686. The van der Waals surface area contributed by atoms with Crippen LogP contribution in [0.3, 0.4) is 0 Å². The Morgan fingerprint density at radius 2 is 2.21 bits per heavy atom. The first kappa shape index (κ1) is 8.61. The molecule has 0 amide bonds. The first-order chi connectivity index (χ1) is 6.66. The Kier molecular flexibility index (Phi) is 1.88. The van der Waals surface area contributed by atoms with Gasteiger partial charge in [0.05, 0.1) is 0 Å². The fourth-order valence-corrected chi connectivity index (χ4v) is 1.23. The molecule has 0 aliphatic carbocycles. The van der Waals surface area contributed by atoms with Crippen molar-refractivity contribution < 1.29 is 0 Å². The normalized spacial score (nSPS) is 10.4. The van der Waals surface area contributed by atoms with Crippen LogP contribution in [0.4, 0.5) is 0 Å². The second-order valence-electron chi connectivity index (χ2n) is 2.88.